The Labute approximate surface area is 233 Å². The molecular weight excluding hydrogens is 551 g/mol. The van der Waals surface area contributed by atoms with Crippen molar-refractivity contribution in [3.8, 4) is 0 Å². The Bertz CT molecular complexity index is 614. The van der Waals surface area contributed by atoms with Gasteiger partial charge in [0.25, 0.3) is 0 Å². The summed E-state index contributed by atoms with van der Waals surface area (Å²) in [7, 11) is -6.36. The van der Waals surface area contributed by atoms with Crippen LogP contribution in [0.15, 0.2) is 0 Å². The van der Waals surface area contributed by atoms with E-state index in [1.165, 1.54) is 34.5 Å². The van der Waals surface area contributed by atoms with Gasteiger partial charge in [-0.2, -0.15) is 0 Å². The molecule has 0 aromatic heterocycles. The molecule has 0 N–H and O–H groups in total. The molecule has 0 atom stereocenters. The third-order valence-electron chi connectivity index (χ3n) is 7.85. The van der Waals surface area contributed by atoms with Crippen LogP contribution < -0.4 is 0 Å². The van der Waals surface area contributed by atoms with Crippen LogP contribution in [0.1, 0.15) is 40.5 Å². The first-order valence-electron chi connectivity index (χ1n) is 14.8. The average Bonchev–Trinajstić information content (AvgIpc) is 3.07. The maximum Gasteiger partial charge on any atom is 0.105 e. The fourth-order valence-corrected chi connectivity index (χ4v) is 120. The Balaban J connectivity index is 3.86. The molecule has 0 aliphatic carbocycles. The summed E-state index contributed by atoms with van der Waals surface area (Å²) in [5, 5.41) is 0. The van der Waals surface area contributed by atoms with E-state index in [4.69, 9.17) is 0 Å². The molecule has 1 saturated heterocycles. The average molecular weight is 618 g/mol. The molecule has 1 nitrogen and oxygen atoms in total. The second-order valence-electron chi connectivity index (χ2n) is 17.7. The van der Waals surface area contributed by atoms with E-state index < -0.39 is 55.5 Å². The Morgan fingerprint density at radius 1 is 0.571 bits per heavy atom. The zero-order valence-corrected chi connectivity index (χ0v) is 35.3. The SMILES string of the molecule is CC(C)[Si](C[Si](C)(C)C)(C[Si](C)(C)C)[Si][Si](N1CCCC1)[Si](C[Si](C)(C)C)(C[Si](C)(C)C)C(C)C. The molecule has 1 heterocycles. The quantitative estimate of drug-likeness (QED) is 0.176. The van der Waals surface area contributed by atoms with E-state index in [0.29, 0.717) is 0 Å². The van der Waals surface area contributed by atoms with Gasteiger partial charge in [-0.3, -0.25) is 0 Å². The van der Waals surface area contributed by atoms with Crippen LogP contribution in [0.5, 0.6) is 0 Å². The Morgan fingerprint density at radius 2 is 0.914 bits per heavy atom. The highest BCUT2D eigenvalue weighted by Crippen LogP contribution is 2.43. The van der Waals surface area contributed by atoms with Gasteiger partial charge >= 0.3 is 0 Å². The number of nitrogens with zero attached hydrogens (tertiary/aromatic N) is 1. The van der Waals surface area contributed by atoms with Crippen LogP contribution in [-0.4, -0.2) is 81.7 Å². The summed E-state index contributed by atoms with van der Waals surface area (Å²) in [6.45, 7) is 46.4. The normalized spacial score (nSPS) is 17.9. The van der Waals surface area contributed by atoms with Gasteiger partial charge in [0.1, 0.15) is 7.99 Å². The van der Waals surface area contributed by atoms with Crippen molar-refractivity contribution in [2.75, 3.05) is 13.1 Å². The van der Waals surface area contributed by atoms with Crippen molar-refractivity contribution in [1.82, 2.24) is 4.57 Å². The molecule has 1 rings (SSSR count). The van der Waals surface area contributed by atoms with Crippen molar-refractivity contribution >= 4 is 64.0 Å². The molecule has 0 aromatic rings. The summed E-state index contributed by atoms with van der Waals surface area (Å²) in [5.41, 5.74) is 8.82. The first-order chi connectivity index (χ1) is 15.4. The molecule has 0 amide bonds. The minimum atomic E-state index is -1.42. The van der Waals surface area contributed by atoms with E-state index in [2.05, 4.69) is 111 Å². The van der Waals surface area contributed by atoms with Gasteiger partial charge in [-0.05, 0) is 25.9 Å². The van der Waals surface area contributed by atoms with Crippen LogP contribution in [-0.2, 0) is 0 Å². The molecule has 0 bridgehead atoms. The van der Waals surface area contributed by atoms with Crippen LogP contribution in [0.3, 0.4) is 0 Å². The molecule has 0 saturated carbocycles. The molecule has 0 spiro atoms. The van der Waals surface area contributed by atoms with Gasteiger partial charge in [0.05, 0.1) is 7.59 Å². The van der Waals surface area contributed by atoms with Crippen molar-refractivity contribution in [2.45, 2.75) is 153 Å². The van der Waals surface area contributed by atoms with E-state index >= 15 is 0 Å². The van der Waals surface area contributed by atoms with Crippen molar-refractivity contribution in [1.29, 1.82) is 0 Å². The van der Waals surface area contributed by atoms with Crippen LogP contribution in [0.25, 0.3) is 0 Å². The monoisotopic (exact) mass is 616 g/mol. The van der Waals surface area contributed by atoms with Gasteiger partial charge < -0.3 is 4.57 Å². The van der Waals surface area contributed by atoms with E-state index in [0.717, 1.165) is 11.1 Å². The standard InChI is InChI=1S/C26H66NSi8/c1-25(2)34(21-30(5,6)7,22-31(8,9)10)28-29(27-19-17-18-20-27)35(26(3)4,23-32(11,12)13)24-33(14,15)16/h25-26H,17-24H2,1-16H3. The lowest BCUT2D eigenvalue weighted by Gasteiger charge is -2.54. The summed E-state index contributed by atoms with van der Waals surface area (Å²) in [5.74, 6) is 0. The molecule has 1 aliphatic heterocycles. The summed E-state index contributed by atoms with van der Waals surface area (Å²) in [6.07, 6.45) is 2.97. The van der Waals surface area contributed by atoms with Crippen molar-refractivity contribution < 1.29 is 0 Å². The predicted octanol–water partition coefficient (Wildman–Crippen LogP) is 9.08. The van der Waals surface area contributed by atoms with E-state index in [1.807, 2.05) is 0 Å². The molecule has 207 valence electrons. The van der Waals surface area contributed by atoms with E-state index in [9.17, 15) is 0 Å². The fraction of sp³-hybridized carbons (Fsp3) is 1.00. The topological polar surface area (TPSA) is 3.24 Å². The lowest BCUT2D eigenvalue weighted by molar-refractivity contribution is 0.553. The summed E-state index contributed by atoms with van der Waals surface area (Å²) < 4.78 is 3.27. The molecule has 35 heavy (non-hydrogen) atoms. The highest BCUT2D eigenvalue weighted by atomic mass is 29.8. The summed E-state index contributed by atoms with van der Waals surface area (Å²) in [6, 6.07) is 0. The fourth-order valence-electron chi connectivity index (χ4n) is 7.10. The third kappa shape index (κ3) is 11.4. The van der Waals surface area contributed by atoms with Crippen molar-refractivity contribution in [3.05, 3.63) is 0 Å². The highest BCUT2D eigenvalue weighted by molar-refractivity contribution is 7.68. The number of hydrogen-bond acceptors (Lipinski definition) is 1. The van der Waals surface area contributed by atoms with E-state index in [1.54, 1.807) is 22.7 Å². The Kier molecular flexibility index (Phi) is 12.4. The number of hydrogen-bond donors (Lipinski definition) is 0. The minimum Gasteiger partial charge on any atom is -0.329 e. The van der Waals surface area contributed by atoms with Gasteiger partial charge in [-0.15, -0.1) is 0 Å². The predicted molar refractivity (Wildman–Crippen MR) is 187 cm³/mol. The van der Waals surface area contributed by atoms with Gasteiger partial charge in [0.2, 0.25) is 0 Å². The van der Waals surface area contributed by atoms with Crippen molar-refractivity contribution in [2.24, 2.45) is 0 Å². The molecule has 0 aromatic carbocycles. The molecule has 9 heteroatoms. The summed E-state index contributed by atoms with van der Waals surface area (Å²) in [4.78, 5) is 0. The van der Waals surface area contributed by atoms with Crippen LogP contribution >= 0.6 is 0 Å². The van der Waals surface area contributed by atoms with Gasteiger partial charge in [0, 0.05) is 48.4 Å². The minimum absolute atomic E-state index is 0.454. The Hall–Kier alpha value is 1.70. The van der Waals surface area contributed by atoms with Gasteiger partial charge in [0.15, 0.2) is 0 Å². The maximum atomic E-state index is 3.27. The zero-order valence-electron chi connectivity index (χ0n) is 27.3. The molecule has 1 fully saturated rings. The Morgan fingerprint density at radius 3 is 1.17 bits per heavy atom. The van der Waals surface area contributed by atoms with Crippen molar-refractivity contribution in [3.63, 3.8) is 0 Å². The second kappa shape index (κ2) is 12.5. The largest absolute Gasteiger partial charge is 0.329 e. The maximum absolute atomic E-state index is 3.27. The van der Waals surface area contributed by atoms with E-state index in [-0.39, 0.29) is 0 Å². The smallest absolute Gasteiger partial charge is 0.105 e. The first-order valence-corrected chi connectivity index (χ1v) is 40.1. The first kappa shape index (κ1) is 34.7. The van der Waals surface area contributed by atoms with Crippen LogP contribution in [0, 0.1) is 0 Å². The molecule has 1 aliphatic rings. The molecule has 3 radical (unpaired) electrons. The summed E-state index contributed by atoms with van der Waals surface area (Å²) >= 11 is 0. The van der Waals surface area contributed by atoms with Gasteiger partial charge in [-0.1, -0.05) is 140 Å². The lowest BCUT2D eigenvalue weighted by atomic mass is 10.4. The lowest BCUT2D eigenvalue weighted by Crippen LogP contribution is -2.74. The van der Waals surface area contributed by atoms with Gasteiger partial charge in [-0.25, -0.2) is 0 Å². The second-order valence-corrected chi connectivity index (χ2v) is 65.7. The zero-order chi connectivity index (χ0) is 27.7. The van der Waals surface area contributed by atoms with Crippen LogP contribution in [0.2, 0.25) is 112 Å². The van der Waals surface area contributed by atoms with Crippen LogP contribution in [0.4, 0.5) is 0 Å². The highest BCUT2D eigenvalue weighted by Gasteiger charge is 2.56. The molecular formula is C26H66NSi8. The molecule has 0 unspecified atom stereocenters. The number of rotatable bonds is 14. The third-order valence-corrected chi connectivity index (χ3v) is 73.3.